The molecule has 1 saturated heterocycles. The van der Waals surface area contributed by atoms with Crippen molar-refractivity contribution in [1.82, 2.24) is 10.2 Å². The molecule has 1 amide bonds. The average molecular weight is 333 g/mol. The molecule has 1 aromatic rings. The Kier molecular flexibility index (Phi) is 8.16. The van der Waals surface area contributed by atoms with Crippen molar-refractivity contribution in [1.29, 1.82) is 0 Å². The predicted molar refractivity (Wildman–Crippen MR) is 84.0 cm³/mol. The third-order valence-electron chi connectivity index (χ3n) is 3.37. The first-order chi connectivity index (χ1) is 10.2. The fourth-order valence-corrected chi connectivity index (χ4v) is 2.10. The van der Waals surface area contributed by atoms with Crippen LogP contribution in [0.25, 0.3) is 0 Å². The molecule has 1 aliphatic heterocycles. The zero-order chi connectivity index (χ0) is 15.1. The van der Waals surface area contributed by atoms with Gasteiger partial charge < -0.3 is 19.7 Å². The molecule has 2 rings (SSSR count). The molecule has 7 heteroatoms. The van der Waals surface area contributed by atoms with Gasteiger partial charge in [-0.15, -0.1) is 12.4 Å². The second-order valence-corrected chi connectivity index (χ2v) is 5.02. The molecule has 0 aliphatic carbocycles. The van der Waals surface area contributed by atoms with Crippen molar-refractivity contribution >= 4 is 18.3 Å². The molecule has 1 aromatic carbocycles. The van der Waals surface area contributed by atoms with Crippen LogP contribution in [0.4, 0.5) is 4.39 Å². The van der Waals surface area contributed by atoms with Crippen LogP contribution in [0.2, 0.25) is 0 Å². The van der Waals surface area contributed by atoms with Crippen molar-refractivity contribution in [2.75, 3.05) is 40.0 Å². The molecule has 0 spiro atoms. The van der Waals surface area contributed by atoms with Crippen LogP contribution < -0.4 is 10.1 Å². The Morgan fingerprint density at radius 2 is 2.27 bits per heavy atom. The average Bonchev–Trinajstić information content (AvgIpc) is 2.50. The molecule has 1 N–H and O–H groups in total. The maximum absolute atomic E-state index is 13.4. The van der Waals surface area contributed by atoms with Gasteiger partial charge in [0.2, 0.25) is 5.91 Å². The summed E-state index contributed by atoms with van der Waals surface area (Å²) in [6, 6.07) is 6.31. The van der Waals surface area contributed by atoms with Crippen LogP contribution in [0.1, 0.15) is 6.42 Å². The van der Waals surface area contributed by atoms with Crippen molar-refractivity contribution in [3.8, 4) is 5.75 Å². The van der Waals surface area contributed by atoms with Gasteiger partial charge in [-0.1, -0.05) is 12.1 Å². The van der Waals surface area contributed by atoms with E-state index in [4.69, 9.17) is 9.47 Å². The number of rotatable bonds is 6. The molecular formula is C15H22ClFN2O3. The van der Waals surface area contributed by atoms with Gasteiger partial charge in [0.05, 0.1) is 19.8 Å². The lowest BCUT2D eigenvalue weighted by Gasteiger charge is -2.25. The summed E-state index contributed by atoms with van der Waals surface area (Å²) < 4.78 is 24.0. The number of para-hydroxylation sites is 1. The smallest absolute Gasteiger partial charge is 0.224 e. The Morgan fingerprint density at radius 1 is 1.50 bits per heavy atom. The number of carbonyl (C=O) groups excluding carboxylic acids is 1. The van der Waals surface area contributed by atoms with E-state index in [2.05, 4.69) is 5.32 Å². The summed E-state index contributed by atoms with van der Waals surface area (Å²) in [6.07, 6.45) is 0.399. The van der Waals surface area contributed by atoms with E-state index in [-0.39, 0.29) is 36.7 Å². The molecule has 1 aliphatic rings. The maximum Gasteiger partial charge on any atom is 0.224 e. The number of hydrogen-bond acceptors (Lipinski definition) is 4. The molecule has 0 radical (unpaired) electrons. The van der Waals surface area contributed by atoms with Crippen LogP contribution in [0, 0.1) is 5.82 Å². The van der Waals surface area contributed by atoms with Crippen LogP contribution in [0.5, 0.6) is 5.75 Å². The molecule has 124 valence electrons. The minimum atomic E-state index is -0.393. The molecule has 0 aromatic heterocycles. The number of morpholine rings is 1. The summed E-state index contributed by atoms with van der Waals surface area (Å²) in [5, 5.41) is 3.24. The number of nitrogens with one attached hydrogen (secondary N) is 1. The highest BCUT2D eigenvalue weighted by molar-refractivity contribution is 5.85. The molecule has 1 fully saturated rings. The summed E-state index contributed by atoms with van der Waals surface area (Å²) >= 11 is 0. The summed E-state index contributed by atoms with van der Waals surface area (Å²) in [5.74, 6) is -0.161. The van der Waals surface area contributed by atoms with Crippen molar-refractivity contribution < 1.29 is 18.7 Å². The number of nitrogens with zero attached hydrogens (tertiary/aromatic N) is 1. The normalized spacial score (nSPS) is 17.5. The van der Waals surface area contributed by atoms with E-state index in [0.29, 0.717) is 26.2 Å². The van der Waals surface area contributed by atoms with E-state index in [1.165, 1.54) is 6.07 Å². The molecule has 0 saturated carbocycles. The van der Waals surface area contributed by atoms with Gasteiger partial charge in [-0.25, -0.2) is 4.39 Å². The second kappa shape index (κ2) is 9.61. The number of likely N-dealkylation sites (N-methyl/N-ethyl adjacent to an activating group) is 1. The first-order valence-corrected chi connectivity index (χ1v) is 7.09. The third kappa shape index (κ3) is 5.79. The Hall–Kier alpha value is -1.37. The van der Waals surface area contributed by atoms with Crippen LogP contribution in [-0.4, -0.2) is 56.8 Å². The summed E-state index contributed by atoms with van der Waals surface area (Å²) in [7, 11) is 1.72. The molecule has 22 heavy (non-hydrogen) atoms. The molecule has 5 nitrogen and oxygen atoms in total. The van der Waals surface area contributed by atoms with Gasteiger partial charge in [0.25, 0.3) is 0 Å². The first-order valence-electron chi connectivity index (χ1n) is 7.09. The highest BCUT2D eigenvalue weighted by Crippen LogP contribution is 2.15. The second-order valence-electron chi connectivity index (χ2n) is 5.02. The largest absolute Gasteiger partial charge is 0.489 e. The lowest BCUT2D eigenvalue weighted by molar-refractivity contribution is -0.131. The van der Waals surface area contributed by atoms with Gasteiger partial charge in [0.15, 0.2) is 11.6 Å². The zero-order valence-corrected chi connectivity index (χ0v) is 13.4. The third-order valence-corrected chi connectivity index (χ3v) is 3.37. The van der Waals surface area contributed by atoms with Crippen LogP contribution in [-0.2, 0) is 9.53 Å². The number of ether oxygens (including phenoxy) is 2. The Bertz CT molecular complexity index is 470. The lowest BCUT2D eigenvalue weighted by Crippen LogP contribution is -2.45. The maximum atomic E-state index is 13.4. The molecule has 1 unspecified atom stereocenters. The monoisotopic (exact) mass is 332 g/mol. The topological polar surface area (TPSA) is 50.8 Å². The van der Waals surface area contributed by atoms with Crippen molar-refractivity contribution in [2.24, 2.45) is 0 Å². The van der Waals surface area contributed by atoms with Gasteiger partial charge >= 0.3 is 0 Å². The number of benzene rings is 1. The summed E-state index contributed by atoms with van der Waals surface area (Å²) in [6.45, 7) is 2.71. The van der Waals surface area contributed by atoms with Crippen LogP contribution in [0.15, 0.2) is 24.3 Å². The van der Waals surface area contributed by atoms with Crippen molar-refractivity contribution in [2.45, 2.75) is 12.5 Å². The molecular weight excluding hydrogens is 311 g/mol. The van der Waals surface area contributed by atoms with Gasteiger partial charge in [0.1, 0.15) is 6.61 Å². The van der Waals surface area contributed by atoms with Crippen molar-refractivity contribution in [3.63, 3.8) is 0 Å². The number of amides is 1. The lowest BCUT2D eigenvalue weighted by atomic mass is 10.2. The number of hydrogen-bond donors (Lipinski definition) is 1. The quantitative estimate of drug-likeness (QED) is 0.857. The molecule has 1 heterocycles. The van der Waals surface area contributed by atoms with Gasteiger partial charge in [0, 0.05) is 26.1 Å². The number of carbonyl (C=O) groups is 1. The Balaban J connectivity index is 0.00000242. The standard InChI is InChI=1S/C15H21FN2O3.ClH/c1-18(15(19)10-12-11-20-8-6-17-12)7-9-21-14-5-3-2-4-13(14)16;/h2-5,12,17H,6-11H2,1H3;1H. The fraction of sp³-hybridized carbons (Fsp3) is 0.533. The molecule has 1 atom stereocenters. The van der Waals surface area contributed by atoms with E-state index in [0.717, 1.165) is 6.54 Å². The highest BCUT2D eigenvalue weighted by Gasteiger charge is 2.19. The van der Waals surface area contributed by atoms with Gasteiger partial charge in [-0.3, -0.25) is 4.79 Å². The highest BCUT2D eigenvalue weighted by atomic mass is 35.5. The van der Waals surface area contributed by atoms with E-state index < -0.39 is 5.82 Å². The minimum Gasteiger partial charge on any atom is -0.489 e. The van der Waals surface area contributed by atoms with E-state index in [1.54, 1.807) is 30.1 Å². The minimum absolute atomic E-state index is 0. The SMILES string of the molecule is CN(CCOc1ccccc1F)C(=O)CC1COCCN1.Cl. The van der Waals surface area contributed by atoms with Crippen LogP contribution >= 0.6 is 12.4 Å². The predicted octanol–water partition coefficient (Wildman–Crippen LogP) is 1.46. The number of halogens is 2. The summed E-state index contributed by atoms with van der Waals surface area (Å²) in [4.78, 5) is 13.6. The van der Waals surface area contributed by atoms with Gasteiger partial charge in [-0.2, -0.15) is 0 Å². The first kappa shape index (κ1) is 18.7. The molecule has 0 bridgehead atoms. The Morgan fingerprint density at radius 3 is 2.95 bits per heavy atom. The van der Waals surface area contributed by atoms with E-state index >= 15 is 0 Å². The van der Waals surface area contributed by atoms with Gasteiger partial charge in [-0.05, 0) is 12.1 Å². The van der Waals surface area contributed by atoms with Crippen LogP contribution in [0.3, 0.4) is 0 Å². The van der Waals surface area contributed by atoms with E-state index in [1.807, 2.05) is 0 Å². The van der Waals surface area contributed by atoms with E-state index in [9.17, 15) is 9.18 Å². The van der Waals surface area contributed by atoms with Crippen molar-refractivity contribution in [3.05, 3.63) is 30.1 Å². The Labute approximate surface area is 136 Å². The zero-order valence-electron chi connectivity index (χ0n) is 12.6. The fourth-order valence-electron chi connectivity index (χ4n) is 2.10. The summed E-state index contributed by atoms with van der Waals surface area (Å²) in [5.41, 5.74) is 0.